The molecule has 0 fully saturated rings. The van der Waals surface area contributed by atoms with Crippen LogP contribution in [0.3, 0.4) is 0 Å². The predicted octanol–water partition coefficient (Wildman–Crippen LogP) is 1.84. The zero-order valence-electron chi connectivity index (χ0n) is 6.08. The molecule has 2 heteroatoms. The minimum Gasteiger partial charge on any atom is -0.464 e. The molecule has 2 nitrogen and oxygen atoms in total. The second-order valence-corrected chi connectivity index (χ2v) is 2.50. The van der Waals surface area contributed by atoms with E-state index in [-0.39, 0.29) is 0 Å². The van der Waals surface area contributed by atoms with E-state index in [2.05, 4.69) is 0 Å². The molecular formula is C9H9NO. The topological polar surface area (TPSA) is 39.2 Å². The molecule has 2 aliphatic rings. The van der Waals surface area contributed by atoms with Crippen molar-refractivity contribution in [3.63, 3.8) is 0 Å². The molecule has 0 aromatic rings. The predicted molar refractivity (Wildman–Crippen MR) is 43.2 cm³/mol. The molecule has 0 aromatic carbocycles. The van der Waals surface area contributed by atoms with Crippen molar-refractivity contribution in [2.24, 2.45) is 5.73 Å². The SMILES string of the molecule is NCc1cc2cccoc-2c1. The Balaban J connectivity index is 2.60. The second-order valence-electron chi connectivity index (χ2n) is 2.50. The van der Waals surface area contributed by atoms with Gasteiger partial charge in [0, 0.05) is 12.1 Å². The van der Waals surface area contributed by atoms with Gasteiger partial charge in [0.1, 0.15) is 5.76 Å². The van der Waals surface area contributed by atoms with Gasteiger partial charge in [-0.1, -0.05) is 0 Å². The summed E-state index contributed by atoms with van der Waals surface area (Å²) in [6.07, 6.45) is 1.67. The van der Waals surface area contributed by atoms with Crippen LogP contribution in [0.15, 0.2) is 34.9 Å². The molecule has 11 heavy (non-hydrogen) atoms. The van der Waals surface area contributed by atoms with E-state index >= 15 is 0 Å². The lowest BCUT2D eigenvalue weighted by Crippen LogP contribution is -1.92. The van der Waals surface area contributed by atoms with Crippen LogP contribution in [0.4, 0.5) is 0 Å². The van der Waals surface area contributed by atoms with Crippen LogP contribution >= 0.6 is 0 Å². The number of nitrogens with two attached hydrogens (primary N) is 1. The maximum Gasteiger partial charge on any atom is 0.134 e. The smallest absolute Gasteiger partial charge is 0.134 e. The standard InChI is InChI=1S/C9H9NO/c10-6-7-4-8-2-1-3-11-9(8)5-7/h1-5H,6,10H2. The van der Waals surface area contributed by atoms with Crippen molar-refractivity contribution in [2.45, 2.75) is 6.54 Å². The van der Waals surface area contributed by atoms with Gasteiger partial charge in [0.25, 0.3) is 0 Å². The Morgan fingerprint density at radius 2 is 2.27 bits per heavy atom. The van der Waals surface area contributed by atoms with Crippen molar-refractivity contribution < 1.29 is 4.42 Å². The fourth-order valence-electron chi connectivity index (χ4n) is 1.17. The first kappa shape index (κ1) is 6.43. The highest BCUT2D eigenvalue weighted by molar-refractivity contribution is 5.62. The third-order valence-corrected chi connectivity index (χ3v) is 1.73. The number of hydrogen-bond donors (Lipinski definition) is 1. The maximum absolute atomic E-state index is 5.47. The summed E-state index contributed by atoms with van der Waals surface area (Å²) in [7, 11) is 0. The zero-order valence-corrected chi connectivity index (χ0v) is 6.08. The molecule has 2 N–H and O–H groups in total. The first-order chi connectivity index (χ1) is 5.40. The quantitative estimate of drug-likeness (QED) is 0.668. The highest BCUT2D eigenvalue weighted by Crippen LogP contribution is 2.24. The molecule has 0 atom stereocenters. The summed E-state index contributed by atoms with van der Waals surface area (Å²) in [5.41, 5.74) is 7.71. The molecule has 0 saturated carbocycles. The van der Waals surface area contributed by atoms with E-state index in [1.165, 1.54) is 0 Å². The largest absolute Gasteiger partial charge is 0.464 e. The van der Waals surface area contributed by atoms with Crippen LogP contribution < -0.4 is 5.73 Å². The molecular weight excluding hydrogens is 138 g/mol. The lowest BCUT2D eigenvalue weighted by atomic mass is 10.3. The number of rotatable bonds is 1. The maximum atomic E-state index is 5.47. The summed E-state index contributed by atoms with van der Waals surface area (Å²) in [5, 5.41) is 0. The number of hydrogen-bond acceptors (Lipinski definition) is 2. The molecule has 0 radical (unpaired) electrons. The Kier molecular flexibility index (Phi) is 1.40. The van der Waals surface area contributed by atoms with E-state index in [1.807, 2.05) is 24.3 Å². The van der Waals surface area contributed by atoms with Crippen LogP contribution in [0.1, 0.15) is 5.56 Å². The van der Waals surface area contributed by atoms with Crippen LogP contribution in [0.25, 0.3) is 11.3 Å². The van der Waals surface area contributed by atoms with Crippen molar-refractivity contribution in [3.8, 4) is 11.3 Å². The lowest BCUT2D eigenvalue weighted by Gasteiger charge is -1.92. The van der Waals surface area contributed by atoms with Gasteiger partial charge in [-0.15, -0.1) is 0 Å². The van der Waals surface area contributed by atoms with E-state index in [9.17, 15) is 0 Å². The first-order valence-corrected chi connectivity index (χ1v) is 3.56. The van der Waals surface area contributed by atoms with Gasteiger partial charge in [0.2, 0.25) is 0 Å². The van der Waals surface area contributed by atoms with Crippen molar-refractivity contribution in [1.29, 1.82) is 0 Å². The van der Waals surface area contributed by atoms with Crippen LogP contribution in [0, 0.1) is 0 Å². The van der Waals surface area contributed by atoms with Crippen LogP contribution in [0.5, 0.6) is 0 Å². The molecule has 0 bridgehead atoms. The summed E-state index contributed by atoms with van der Waals surface area (Å²) in [6.45, 7) is 0.574. The Morgan fingerprint density at radius 1 is 1.36 bits per heavy atom. The third kappa shape index (κ3) is 1.01. The fourth-order valence-corrected chi connectivity index (χ4v) is 1.17. The monoisotopic (exact) mass is 147 g/mol. The van der Waals surface area contributed by atoms with Gasteiger partial charge in [-0.25, -0.2) is 0 Å². The van der Waals surface area contributed by atoms with E-state index < -0.39 is 0 Å². The van der Waals surface area contributed by atoms with Gasteiger partial charge in [0.15, 0.2) is 0 Å². The third-order valence-electron chi connectivity index (χ3n) is 1.73. The van der Waals surface area contributed by atoms with Crippen molar-refractivity contribution in [1.82, 2.24) is 0 Å². The van der Waals surface area contributed by atoms with Crippen LogP contribution in [0.2, 0.25) is 0 Å². The lowest BCUT2D eigenvalue weighted by molar-refractivity contribution is 0.567. The fraction of sp³-hybridized carbons (Fsp3) is 0.111. The Bertz CT molecular complexity index is 296. The summed E-state index contributed by atoms with van der Waals surface area (Å²) < 4.78 is 5.24. The normalized spacial score (nSPS) is 10.6. The van der Waals surface area contributed by atoms with Gasteiger partial charge >= 0.3 is 0 Å². The second kappa shape index (κ2) is 2.40. The minimum absolute atomic E-state index is 0.574. The van der Waals surface area contributed by atoms with Gasteiger partial charge < -0.3 is 10.2 Å². The average molecular weight is 147 g/mol. The van der Waals surface area contributed by atoms with E-state index in [4.69, 9.17) is 10.2 Å². The molecule has 1 heterocycles. The summed E-state index contributed by atoms with van der Waals surface area (Å²) in [4.78, 5) is 0. The van der Waals surface area contributed by atoms with Crippen molar-refractivity contribution >= 4 is 0 Å². The Labute approximate surface area is 65.0 Å². The molecule has 56 valence electrons. The molecule has 1 aliphatic carbocycles. The van der Waals surface area contributed by atoms with Crippen molar-refractivity contribution in [2.75, 3.05) is 0 Å². The van der Waals surface area contributed by atoms with E-state index in [0.717, 1.165) is 16.9 Å². The van der Waals surface area contributed by atoms with Gasteiger partial charge in [-0.3, -0.25) is 0 Å². The molecule has 0 saturated heterocycles. The van der Waals surface area contributed by atoms with Crippen molar-refractivity contribution in [3.05, 3.63) is 36.1 Å². The average Bonchev–Trinajstić information content (AvgIpc) is 2.46. The molecule has 0 aromatic heterocycles. The van der Waals surface area contributed by atoms with Gasteiger partial charge in [-0.2, -0.15) is 0 Å². The van der Waals surface area contributed by atoms with Crippen LogP contribution in [-0.2, 0) is 6.54 Å². The summed E-state index contributed by atoms with van der Waals surface area (Å²) >= 11 is 0. The van der Waals surface area contributed by atoms with Gasteiger partial charge in [0.05, 0.1) is 6.26 Å². The summed E-state index contributed by atoms with van der Waals surface area (Å²) in [5.74, 6) is 0.910. The molecule has 1 aliphatic heterocycles. The first-order valence-electron chi connectivity index (χ1n) is 3.56. The highest BCUT2D eigenvalue weighted by atomic mass is 16.3. The molecule has 0 spiro atoms. The molecule has 0 unspecified atom stereocenters. The molecule has 2 rings (SSSR count). The molecule has 0 amide bonds. The zero-order chi connectivity index (χ0) is 7.68. The van der Waals surface area contributed by atoms with E-state index in [0.29, 0.717) is 6.54 Å². The van der Waals surface area contributed by atoms with Gasteiger partial charge in [-0.05, 0) is 29.8 Å². The Morgan fingerprint density at radius 3 is 3.00 bits per heavy atom. The summed E-state index contributed by atoms with van der Waals surface area (Å²) in [6, 6.07) is 7.90. The van der Waals surface area contributed by atoms with E-state index in [1.54, 1.807) is 6.26 Å². The Hall–Kier alpha value is -1.28. The highest BCUT2D eigenvalue weighted by Gasteiger charge is 2.05. The minimum atomic E-state index is 0.574. The van der Waals surface area contributed by atoms with Crippen LogP contribution in [-0.4, -0.2) is 0 Å². The number of fused-ring (bicyclic) bond motifs is 1.